The summed E-state index contributed by atoms with van der Waals surface area (Å²) in [5, 5.41) is 3.52. The van der Waals surface area contributed by atoms with Gasteiger partial charge in [-0.1, -0.05) is 24.2 Å². The lowest BCUT2D eigenvalue weighted by atomic mass is 10.2. The molecule has 0 heterocycles. The topological polar surface area (TPSA) is 48.8 Å². The SMILES string of the molecule is CC(N=[N+]=[N-])C1=C=CC=C1. The van der Waals surface area contributed by atoms with Crippen molar-refractivity contribution >= 4 is 0 Å². The van der Waals surface area contributed by atoms with Crippen LogP contribution in [0.2, 0.25) is 0 Å². The Morgan fingerprint density at radius 2 is 2.60 bits per heavy atom. The van der Waals surface area contributed by atoms with Gasteiger partial charge in [-0.3, -0.25) is 0 Å². The van der Waals surface area contributed by atoms with E-state index in [0.717, 1.165) is 5.57 Å². The summed E-state index contributed by atoms with van der Waals surface area (Å²) in [5.74, 6) is 0. The third-order valence-electron chi connectivity index (χ3n) is 1.30. The zero-order valence-corrected chi connectivity index (χ0v) is 5.65. The Morgan fingerprint density at radius 3 is 3.10 bits per heavy atom. The lowest BCUT2D eigenvalue weighted by molar-refractivity contribution is 0.877. The molecule has 10 heavy (non-hydrogen) atoms. The molecular formula is C7H7N3. The van der Waals surface area contributed by atoms with Crippen LogP contribution in [0.1, 0.15) is 6.92 Å². The molecule has 1 atom stereocenters. The Balaban J connectivity index is 2.75. The van der Waals surface area contributed by atoms with Crippen LogP contribution in [-0.2, 0) is 0 Å². The normalized spacial score (nSPS) is 16.3. The Kier molecular flexibility index (Phi) is 1.96. The first kappa shape index (κ1) is 6.69. The van der Waals surface area contributed by atoms with Crippen molar-refractivity contribution in [1.29, 1.82) is 0 Å². The van der Waals surface area contributed by atoms with Gasteiger partial charge in [0.05, 0.1) is 6.04 Å². The molecular weight excluding hydrogens is 126 g/mol. The number of hydrogen-bond acceptors (Lipinski definition) is 1. The zero-order valence-electron chi connectivity index (χ0n) is 5.65. The molecule has 0 radical (unpaired) electrons. The highest BCUT2D eigenvalue weighted by atomic mass is 15.1. The summed E-state index contributed by atoms with van der Waals surface area (Å²) in [6, 6.07) is -0.0972. The second-order valence-electron chi connectivity index (χ2n) is 2.01. The van der Waals surface area contributed by atoms with E-state index in [9.17, 15) is 0 Å². The van der Waals surface area contributed by atoms with E-state index >= 15 is 0 Å². The van der Waals surface area contributed by atoms with Gasteiger partial charge >= 0.3 is 0 Å². The largest absolute Gasteiger partial charge is 0.117 e. The van der Waals surface area contributed by atoms with Crippen LogP contribution in [0.5, 0.6) is 0 Å². The molecule has 3 heteroatoms. The van der Waals surface area contributed by atoms with Gasteiger partial charge in [-0.2, -0.15) is 0 Å². The number of hydrogen-bond donors (Lipinski definition) is 0. The van der Waals surface area contributed by atoms with Crippen LogP contribution in [0.4, 0.5) is 0 Å². The predicted octanol–water partition coefficient (Wildman–Crippen LogP) is 2.34. The summed E-state index contributed by atoms with van der Waals surface area (Å²) in [4.78, 5) is 2.70. The van der Waals surface area contributed by atoms with Crippen molar-refractivity contribution in [2.45, 2.75) is 13.0 Å². The van der Waals surface area contributed by atoms with Crippen molar-refractivity contribution in [2.75, 3.05) is 0 Å². The fourth-order valence-corrected chi connectivity index (χ4v) is 0.744. The second kappa shape index (κ2) is 2.92. The lowest BCUT2D eigenvalue weighted by Gasteiger charge is -1.98. The molecule has 0 N–H and O–H groups in total. The van der Waals surface area contributed by atoms with Crippen LogP contribution >= 0.6 is 0 Å². The molecule has 0 saturated heterocycles. The summed E-state index contributed by atoms with van der Waals surface area (Å²) in [6.45, 7) is 1.84. The van der Waals surface area contributed by atoms with Gasteiger partial charge in [0.2, 0.25) is 0 Å². The van der Waals surface area contributed by atoms with E-state index in [0.29, 0.717) is 0 Å². The standard InChI is InChI=1S/C7H7N3/c1-6(9-10-8)7-4-2-3-5-7/h2-4,6H,1H3. The molecule has 1 unspecified atom stereocenters. The van der Waals surface area contributed by atoms with Crippen LogP contribution < -0.4 is 0 Å². The molecule has 0 spiro atoms. The van der Waals surface area contributed by atoms with E-state index in [-0.39, 0.29) is 6.04 Å². The summed E-state index contributed by atoms with van der Waals surface area (Å²) in [5.41, 5.74) is 12.0. The maximum Gasteiger partial charge on any atom is 0.0670 e. The third kappa shape index (κ3) is 1.29. The Bertz CT molecular complexity index is 263. The second-order valence-corrected chi connectivity index (χ2v) is 2.01. The van der Waals surface area contributed by atoms with Crippen LogP contribution in [0, 0.1) is 0 Å². The van der Waals surface area contributed by atoms with E-state index < -0.39 is 0 Å². The van der Waals surface area contributed by atoms with Crippen LogP contribution in [0.15, 0.2) is 34.6 Å². The molecule has 0 fully saturated rings. The highest BCUT2D eigenvalue weighted by Gasteiger charge is 2.02. The average molecular weight is 133 g/mol. The monoisotopic (exact) mass is 133 g/mol. The molecule has 0 bridgehead atoms. The highest BCUT2D eigenvalue weighted by Crippen LogP contribution is 2.10. The van der Waals surface area contributed by atoms with Gasteiger partial charge in [0.25, 0.3) is 0 Å². The minimum absolute atomic E-state index is 0.0972. The van der Waals surface area contributed by atoms with Crippen molar-refractivity contribution in [3.8, 4) is 0 Å². The quantitative estimate of drug-likeness (QED) is 0.240. The molecule has 0 amide bonds. The first-order valence-electron chi connectivity index (χ1n) is 3.02. The smallest absolute Gasteiger partial charge is 0.0670 e. The van der Waals surface area contributed by atoms with Crippen molar-refractivity contribution in [3.05, 3.63) is 40.0 Å². The van der Waals surface area contributed by atoms with Crippen molar-refractivity contribution in [2.24, 2.45) is 5.11 Å². The van der Waals surface area contributed by atoms with Gasteiger partial charge in [-0.05, 0) is 11.6 Å². The van der Waals surface area contributed by atoms with Crippen LogP contribution in [-0.4, -0.2) is 6.04 Å². The molecule has 0 aliphatic heterocycles. The first-order valence-corrected chi connectivity index (χ1v) is 3.02. The highest BCUT2D eigenvalue weighted by molar-refractivity contribution is 5.32. The van der Waals surface area contributed by atoms with Gasteiger partial charge in [0.15, 0.2) is 0 Å². The van der Waals surface area contributed by atoms with Crippen LogP contribution in [0.3, 0.4) is 0 Å². The number of azide groups is 1. The average Bonchev–Trinajstić information content (AvgIpc) is 2.38. The van der Waals surface area contributed by atoms with Crippen molar-refractivity contribution in [1.82, 2.24) is 0 Å². The number of rotatable bonds is 2. The lowest BCUT2D eigenvalue weighted by Crippen LogP contribution is -1.96. The predicted molar refractivity (Wildman–Crippen MR) is 39.3 cm³/mol. The summed E-state index contributed by atoms with van der Waals surface area (Å²) in [6.07, 6.45) is 5.57. The molecule has 1 aliphatic carbocycles. The Labute approximate surface area is 59.0 Å². The van der Waals surface area contributed by atoms with E-state index in [4.69, 9.17) is 5.53 Å². The molecule has 50 valence electrons. The summed E-state index contributed by atoms with van der Waals surface area (Å²) < 4.78 is 0. The molecule has 0 aromatic rings. The van der Waals surface area contributed by atoms with Gasteiger partial charge < -0.3 is 0 Å². The van der Waals surface area contributed by atoms with Crippen molar-refractivity contribution < 1.29 is 0 Å². The molecule has 0 saturated carbocycles. The summed E-state index contributed by atoms with van der Waals surface area (Å²) in [7, 11) is 0. The maximum absolute atomic E-state index is 8.08. The fourth-order valence-electron chi connectivity index (χ4n) is 0.744. The Hall–Kier alpha value is -1.43. The number of nitrogens with zero attached hydrogens (tertiary/aromatic N) is 3. The maximum atomic E-state index is 8.08. The van der Waals surface area contributed by atoms with E-state index in [1.54, 1.807) is 6.08 Å². The molecule has 0 aromatic carbocycles. The first-order chi connectivity index (χ1) is 4.84. The van der Waals surface area contributed by atoms with Gasteiger partial charge in [-0.25, -0.2) is 0 Å². The van der Waals surface area contributed by atoms with Gasteiger partial charge in [0, 0.05) is 10.5 Å². The van der Waals surface area contributed by atoms with Gasteiger partial charge in [0.1, 0.15) is 0 Å². The Morgan fingerprint density at radius 1 is 1.80 bits per heavy atom. The molecule has 1 aliphatic rings. The zero-order chi connectivity index (χ0) is 7.40. The van der Waals surface area contributed by atoms with Crippen LogP contribution in [0.25, 0.3) is 10.4 Å². The summed E-state index contributed by atoms with van der Waals surface area (Å²) >= 11 is 0. The van der Waals surface area contributed by atoms with E-state index in [1.165, 1.54) is 0 Å². The molecule has 1 rings (SSSR count). The van der Waals surface area contributed by atoms with E-state index in [2.05, 4.69) is 15.8 Å². The minimum Gasteiger partial charge on any atom is -0.117 e. The van der Waals surface area contributed by atoms with Gasteiger partial charge in [-0.15, -0.1) is 5.73 Å². The third-order valence-corrected chi connectivity index (χ3v) is 1.30. The van der Waals surface area contributed by atoms with E-state index in [1.807, 2.05) is 19.1 Å². The number of allylic oxidation sites excluding steroid dienone is 1. The fraction of sp³-hybridized carbons (Fsp3) is 0.286. The van der Waals surface area contributed by atoms with Crippen molar-refractivity contribution in [3.63, 3.8) is 0 Å². The molecule has 0 aromatic heterocycles. The minimum atomic E-state index is -0.0972. The molecule has 3 nitrogen and oxygen atoms in total.